The van der Waals surface area contributed by atoms with Gasteiger partial charge in [0.15, 0.2) is 11.6 Å². The Balaban J connectivity index is 2.16. The van der Waals surface area contributed by atoms with Crippen LogP contribution in [0.5, 0.6) is 0 Å². The Morgan fingerprint density at radius 1 is 1.11 bits per heavy atom. The van der Waals surface area contributed by atoms with Gasteiger partial charge in [0.05, 0.1) is 35.2 Å². The molecule has 0 N–H and O–H groups in total. The van der Waals surface area contributed by atoms with Gasteiger partial charge in [-0.05, 0) is 6.07 Å². The lowest BCUT2D eigenvalue weighted by molar-refractivity contribution is 0.103. The van der Waals surface area contributed by atoms with Gasteiger partial charge in [0.1, 0.15) is 0 Å². The second-order valence-corrected chi connectivity index (χ2v) is 3.65. The van der Waals surface area contributed by atoms with E-state index in [1.807, 2.05) is 0 Å². The van der Waals surface area contributed by atoms with Crippen molar-refractivity contribution in [3.05, 3.63) is 60.2 Å². The molecule has 0 amide bonds. The first-order valence-corrected chi connectivity index (χ1v) is 5.19. The Morgan fingerprint density at radius 2 is 1.94 bits per heavy atom. The highest BCUT2D eigenvalue weighted by Crippen LogP contribution is 2.16. The Bertz CT molecular complexity index is 738. The van der Waals surface area contributed by atoms with Gasteiger partial charge < -0.3 is 0 Å². The largest absolute Gasteiger partial charge is 0.288 e. The minimum atomic E-state index is -0.647. The molecule has 3 aromatic heterocycles. The van der Waals surface area contributed by atoms with E-state index in [9.17, 15) is 9.18 Å². The van der Waals surface area contributed by atoms with Crippen LogP contribution in [0, 0.1) is 5.82 Å². The molecule has 0 aliphatic heterocycles. The van der Waals surface area contributed by atoms with Crippen molar-refractivity contribution in [3.8, 4) is 0 Å². The molecule has 3 rings (SSSR count). The number of carbonyl (C=O) groups is 1. The summed E-state index contributed by atoms with van der Waals surface area (Å²) in [6.07, 6.45) is 8.48. The van der Waals surface area contributed by atoms with E-state index >= 15 is 0 Å². The zero-order chi connectivity index (χ0) is 12.5. The van der Waals surface area contributed by atoms with Gasteiger partial charge in [-0.3, -0.25) is 14.8 Å². The van der Waals surface area contributed by atoms with E-state index in [1.165, 1.54) is 29.2 Å². The summed E-state index contributed by atoms with van der Waals surface area (Å²) in [7, 11) is 0. The van der Waals surface area contributed by atoms with Crippen molar-refractivity contribution < 1.29 is 9.18 Å². The minimum Gasteiger partial charge on any atom is -0.288 e. The number of fused-ring (bicyclic) bond motifs is 1. The highest BCUT2D eigenvalue weighted by atomic mass is 19.1. The van der Waals surface area contributed by atoms with Gasteiger partial charge in [0, 0.05) is 18.6 Å². The van der Waals surface area contributed by atoms with E-state index in [0.717, 1.165) is 6.20 Å². The monoisotopic (exact) mass is 242 g/mol. The maximum atomic E-state index is 13.5. The Hall–Kier alpha value is -2.63. The zero-order valence-corrected chi connectivity index (χ0v) is 9.12. The molecular formula is C12H7FN4O. The van der Waals surface area contributed by atoms with E-state index in [2.05, 4.69) is 15.1 Å². The molecular weight excluding hydrogens is 235 g/mol. The van der Waals surface area contributed by atoms with Crippen LogP contribution in [-0.2, 0) is 0 Å². The fraction of sp³-hybridized carbons (Fsp3) is 0. The fourth-order valence-corrected chi connectivity index (χ4v) is 1.71. The third-order valence-electron chi connectivity index (χ3n) is 2.59. The first kappa shape index (κ1) is 10.5. The average molecular weight is 242 g/mol. The molecule has 0 aromatic carbocycles. The first-order valence-electron chi connectivity index (χ1n) is 5.19. The van der Waals surface area contributed by atoms with E-state index in [-0.39, 0.29) is 5.56 Å². The molecule has 0 atom stereocenters. The number of pyridine rings is 1. The predicted octanol–water partition coefficient (Wildman–Crippen LogP) is 1.49. The van der Waals surface area contributed by atoms with Crippen LogP contribution in [0.15, 0.2) is 43.2 Å². The molecule has 0 saturated heterocycles. The normalized spacial score (nSPS) is 10.7. The lowest BCUT2D eigenvalue weighted by atomic mass is 10.1. The minimum absolute atomic E-state index is 0.0243. The summed E-state index contributed by atoms with van der Waals surface area (Å²) in [6, 6.07) is 1.34. The van der Waals surface area contributed by atoms with Gasteiger partial charge in [0.2, 0.25) is 0 Å². The molecule has 0 aliphatic carbocycles. The van der Waals surface area contributed by atoms with Crippen LogP contribution in [0.3, 0.4) is 0 Å². The SMILES string of the molecule is O=C(c1ccncc1F)c1cnn2ccncc12. The second-order valence-electron chi connectivity index (χ2n) is 3.65. The quantitative estimate of drug-likeness (QED) is 0.639. The number of aromatic nitrogens is 4. The first-order chi connectivity index (χ1) is 8.77. The zero-order valence-electron chi connectivity index (χ0n) is 9.12. The fourth-order valence-electron chi connectivity index (χ4n) is 1.71. The molecule has 18 heavy (non-hydrogen) atoms. The predicted molar refractivity (Wildman–Crippen MR) is 60.6 cm³/mol. The molecule has 0 radical (unpaired) electrons. The van der Waals surface area contributed by atoms with Crippen molar-refractivity contribution in [2.75, 3.05) is 0 Å². The number of ketones is 1. The lowest BCUT2D eigenvalue weighted by Gasteiger charge is -2.00. The maximum absolute atomic E-state index is 13.5. The van der Waals surface area contributed by atoms with Gasteiger partial charge >= 0.3 is 0 Å². The maximum Gasteiger partial charge on any atom is 0.199 e. The summed E-state index contributed by atoms with van der Waals surface area (Å²) in [5.74, 6) is -1.08. The van der Waals surface area contributed by atoms with E-state index in [4.69, 9.17) is 0 Å². The third-order valence-corrected chi connectivity index (χ3v) is 2.59. The number of rotatable bonds is 2. The molecule has 3 aromatic rings. The molecule has 6 heteroatoms. The number of hydrogen-bond donors (Lipinski definition) is 0. The summed E-state index contributed by atoms with van der Waals surface area (Å²) in [5, 5.41) is 4.01. The average Bonchev–Trinajstić information content (AvgIpc) is 2.82. The van der Waals surface area contributed by atoms with Crippen molar-refractivity contribution in [2.24, 2.45) is 0 Å². The molecule has 88 valence electrons. The summed E-state index contributed by atoms with van der Waals surface area (Å²) < 4.78 is 15.0. The Labute approximate surface area is 101 Å². The number of halogens is 1. The molecule has 0 spiro atoms. The van der Waals surface area contributed by atoms with Gasteiger partial charge in [-0.1, -0.05) is 0 Å². The molecule has 0 aliphatic rings. The van der Waals surface area contributed by atoms with Crippen molar-refractivity contribution in [1.29, 1.82) is 0 Å². The van der Waals surface area contributed by atoms with Gasteiger partial charge in [0.25, 0.3) is 0 Å². The molecule has 0 unspecified atom stereocenters. The van der Waals surface area contributed by atoms with Crippen molar-refractivity contribution in [1.82, 2.24) is 19.6 Å². The van der Waals surface area contributed by atoms with Gasteiger partial charge in [-0.15, -0.1) is 0 Å². The van der Waals surface area contributed by atoms with Crippen molar-refractivity contribution in [3.63, 3.8) is 0 Å². The molecule has 0 bridgehead atoms. The number of nitrogens with zero attached hydrogens (tertiary/aromatic N) is 4. The van der Waals surface area contributed by atoms with Gasteiger partial charge in [-0.2, -0.15) is 5.10 Å². The summed E-state index contributed by atoms with van der Waals surface area (Å²) in [4.78, 5) is 19.7. The molecule has 5 nitrogen and oxygen atoms in total. The molecule has 0 fully saturated rings. The standard InChI is InChI=1S/C12H7FN4O/c13-10-6-14-2-1-8(10)12(18)9-5-16-17-4-3-15-7-11(9)17/h1-7H. The second kappa shape index (κ2) is 3.99. The molecule has 0 saturated carbocycles. The van der Waals surface area contributed by atoms with E-state index < -0.39 is 11.6 Å². The van der Waals surface area contributed by atoms with Crippen LogP contribution < -0.4 is 0 Å². The van der Waals surface area contributed by atoms with Crippen LogP contribution >= 0.6 is 0 Å². The summed E-state index contributed by atoms with van der Waals surface area (Å²) in [6.45, 7) is 0. The van der Waals surface area contributed by atoms with Crippen molar-refractivity contribution in [2.45, 2.75) is 0 Å². The van der Waals surface area contributed by atoms with Crippen LogP contribution in [0.2, 0.25) is 0 Å². The molecule has 3 heterocycles. The van der Waals surface area contributed by atoms with E-state index in [1.54, 1.807) is 12.4 Å². The third kappa shape index (κ3) is 1.55. The lowest BCUT2D eigenvalue weighted by Crippen LogP contribution is -2.04. The highest BCUT2D eigenvalue weighted by molar-refractivity contribution is 6.12. The number of hydrogen-bond acceptors (Lipinski definition) is 4. The van der Waals surface area contributed by atoms with Crippen LogP contribution in [0.25, 0.3) is 5.52 Å². The highest BCUT2D eigenvalue weighted by Gasteiger charge is 2.17. The van der Waals surface area contributed by atoms with Crippen molar-refractivity contribution >= 4 is 11.3 Å². The van der Waals surface area contributed by atoms with Crippen LogP contribution in [0.4, 0.5) is 4.39 Å². The number of carbonyl (C=O) groups excluding carboxylic acids is 1. The van der Waals surface area contributed by atoms with Crippen LogP contribution in [-0.4, -0.2) is 25.4 Å². The van der Waals surface area contributed by atoms with Gasteiger partial charge in [-0.25, -0.2) is 8.91 Å². The smallest absolute Gasteiger partial charge is 0.199 e. The Morgan fingerprint density at radius 3 is 2.78 bits per heavy atom. The summed E-state index contributed by atoms with van der Waals surface area (Å²) >= 11 is 0. The topological polar surface area (TPSA) is 60.2 Å². The van der Waals surface area contributed by atoms with E-state index in [0.29, 0.717) is 11.1 Å². The summed E-state index contributed by atoms with van der Waals surface area (Å²) in [5.41, 5.74) is 0.829. The Kier molecular flexibility index (Phi) is 2.33. The van der Waals surface area contributed by atoms with Crippen LogP contribution in [0.1, 0.15) is 15.9 Å².